The first kappa shape index (κ1) is 23.5. The molecule has 0 atom stereocenters. The summed E-state index contributed by atoms with van der Waals surface area (Å²) in [7, 11) is 4.00. The Morgan fingerprint density at radius 3 is 2.74 bits per heavy atom. The fraction of sp³-hybridized carbons (Fsp3) is 0.286. The van der Waals surface area contributed by atoms with Gasteiger partial charge in [-0.25, -0.2) is 9.78 Å². The largest absolute Gasteiger partial charge is 0.420 e. The van der Waals surface area contributed by atoms with Gasteiger partial charge in [0.1, 0.15) is 6.54 Å². The summed E-state index contributed by atoms with van der Waals surface area (Å²) in [5.74, 6) is -0.730. The number of para-hydroxylation sites is 2. The van der Waals surface area contributed by atoms with Crippen LogP contribution in [0.4, 0.5) is 5.13 Å². The predicted molar refractivity (Wildman–Crippen MR) is 131 cm³/mol. The molecular weight excluding hydrogens is 504 g/mol. The molecule has 10 heteroatoms. The lowest BCUT2D eigenvalue weighted by molar-refractivity contribution is -0.119. The standard InChI is InChI=1S/C21H21BrN4O3S.ClH/c1-24(2)10-5-11-25(20-23-15-9-8-14(22)12-18(15)30-20)19(27)13-26-16-6-3-4-7-17(16)29-21(26)28;/h3-4,6-9,12H,5,10-11,13H2,1-2H3;1H. The lowest BCUT2D eigenvalue weighted by atomic mass is 10.3. The van der Waals surface area contributed by atoms with Gasteiger partial charge in [0.05, 0.1) is 15.7 Å². The van der Waals surface area contributed by atoms with Crippen molar-refractivity contribution in [3.8, 4) is 0 Å². The van der Waals surface area contributed by atoms with Gasteiger partial charge in [-0.05, 0) is 57.4 Å². The van der Waals surface area contributed by atoms with Gasteiger partial charge in [-0.1, -0.05) is 39.4 Å². The van der Waals surface area contributed by atoms with Crippen molar-refractivity contribution in [1.29, 1.82) is 0 Å². The highest BCUT2D eigenvalue weighted by Gasteiger charge is 2.22. The number of nitrogens with zero attached hydrogens (tertiary/aromatic N) is 4. The molecule has 0 fully saturated rings. The topological polar surface area (TPSA) is 71.6 Å². The number of benzene rings is 2. The maximum atomic E-state index is 13.3. The van der Waals surface area contributed by atoms with E-state index in [0.29, 0.717) is 22.8 Å². The smallest absolute Gasteiger partial charge is 0.408 e. The molecule has 0 N–H and O–H groups in total. The van der Waals surface area contributed by atoms with Crippen LogP contribution in [0.5, 0.6) is 0 Å². The molecule has 0 radical (unpaired) electrons. The summed E-state index contributed by atoms with van der Waals surface area (Å²) in [6, 6.07) is 13.0. The van der Waals surface area contributed by atoms with Crippen molar-refractivity contribution in [1.82, 2.24) is 14.5 Å². The van der Waals surface area contributed by atoms with Gasteiger partial charge in [-0.2, -0.15) is 0 Å². The van der Waals surface area contributed by atoms with E-state index >= 15 is 0 Å². The number of rotatable bonds is 7. The average molecular weight is 526 g/mol. The van der Waals surface area contributed by atoms with E-state index in [4.69, 9.17) is 4.42 Å². The van der Waals surface area contributed by atoms with E-state index in [-0.39, 0.29) is 24.9 Å². The van der Waals surface area contributed by atoms with Crippen molar-refractivity contribution >= 4 is 72.0 Å². The Kier molecular flexibility index (Phi) is 7.53. The molecule has 0 bridgehead atoms. The summed E-state index contributed by atoms with van der Waals surface area (Å²) < 4.78 is 8.61. The molecule has 1 amide bonds. The Labute approximate surface area is 197 Å². The van der Waals surface area contributed by atoms with E-state index in [1.807, 2.05) is 38.4 Å². The zero-order valence-electron chi connectivity index (χ0n) is 17.1. The monoisotopic (exact) mass is 524 g/mol. The van der Waals surface area contributed by atoms with E-state index in [1.54, 1.807) is 23.1 Å². The molecule has 2 aromatic heterocycles. The van der Waals surface area contributed by atoms with Crippen molar-refractivity contribution in [2.75, 3.05) is 32.1 Å². The van der Waals surface area contributed by atoms with E-state index in [9.17, 15) is 9.59 Å². The minimum absolute atomic E-state index is 0. The Bertz CT molecular complexity index is 1270. The summed E-state index contributed by atoms with van der Waals surface area (Å²) in [4.78, 5) is 34.0. The Morgan fingerprint density at radius 2 is 1.97 bits per heavy atom. The number of aromatic nitrogens is 2. The van der Waals surface area contributed by atoms with Gasteiger partial charge in [0.2, 0.25) is 5.91 Å². The second-order valence-electron chi connectivity index (χ2n) is 7.23. The fourth-order valence-electron chi connectivity index (χ4n) is 3.26. The Balaban J connectivity index is 0.00000272. The van der Waals surface area contributed by atoms with Crippen LogP contribution < -0.4 is 10.7 Å². The number of hydrogen-bond donors (Lipinski definition) is 0. The van der Waals surface area contributed by atoms with Crippen LogP contribution in [0.25, 0.3) is 21.3 Å². The van der Waals surface area contributed by atoms with Gasteiger partial charge in [0.15, 0.2) is 10.7 Å². The second kappa shape index (κ2) is 9.95. The van der Waals surface area contributed by atoms with Gasteiger partial charge in [-0.15, -0.1) is 12.4 Å². The van der Waals surface area contributed by atoms with Crippen LogP contribution in [0.1, 0.15) is 6.42 Å². The van der Waals surface area contributed by atoms with Crippen LogP contribution in [-0.4, -0.2) is 47.5 Å². The van der Waals surface area contributed by atoms with E-state index in [2.05, 4.69) is 25.8 Å². The van der Waals surface area contributed by atoms with E-state index in [0.717, 1.165) is 27.7 Å². The van der Waals surface area contributed by atoms with Gasteiger partial charge in [0, 0.05) is 11.0 Å². The summed E-state index contributed by atoms with van der Waals surface area (Å²) in [6.07, 6.45) is 0.791. The molecule has 4 aromatic rings. The normalized spacial score (nSPS) is 11.2. The second-order valence-corrected chi connectivity index (χ2v) is 9.16. The summed E-state index contributed by atoms with van der Waals surface area (Å²) >= 11 is 4.95. The number of fused-ring (bicyclic) bond motifs is 2. The molecule has 31 heavy (non-hydrogen) atoms. The van der Waals surface area contributed by atoms with Crippen molar-refractivity contribution in [3.63, 3.8) is 0 Å². The zero-order valence-corrected chi connectivity index (χ0v) is 20.3. The third-order valence-electron chi connectivity index (χ3n) is 4.73. The highest BCUT2D eigenvalue weighted by Crippen LogP contribution is 2.31. The molecule has 4 rings (SSSR count). The van der Waals surface area contributed by atoms with Crippen molar-refractivity contribution < 1.29 is 9.21 Å². The predicted octanol–water partition coefficient (Wildman–Crippen LogP) is 4.37. The van der Waals surface area contributed by atoms with E-state index < -0.39 is 5.76 Å². The maximum Gasteiger partial charge on any atom is 0.420 e. The molecule has 0 saturated heterocycles. The van der Waals surface area contributed by atoms with Crippen LogP contribution in [0.15, 0.2) is 56.1 Å². The van der Waals surface area contributed by atoms with Crippen LogP contribution in [0.3, 0.4) is 0 Å². The molecule has 0 aliphatic heterocycles. The van der Waals surface area contributed by atoms with Gasteiger partial charge in [-0.3, -0.25) is 14.3 Å². The first-order valence-corrected chi connectivity index (χ1v) is 11.1. The Hall–Kier alpha value is -2.20. The molecule has 0 aliphatic carbocycles. The van der Waals surface area contributed by atoms with Gasteiger partial charge in [0.25, 0.3) is 0 Å². The van der Waals surface area contributed by atoms with Crippen molar-refractivity contribution in [3.05, 3.63) is 57.5 Å². The third-order valence-corrected chi connectivity index (χ3v) is 6.26. The summed E-state index contributed by atoms with van der Waals surface area (Å²) in [6.45, 7) is 1.26. The van der Waals surface area contributed by atoms with Gasteiger partial charge >= 0.3 is 5.76 Å². The minimum atomic E-state index is -0.536. The lowest BCUT2D eigenvalue weighted by Crippen LogP contribution is -2.37. The first-order valence-electron chi connectivity index (χ1n) is 9.52. The van der Waals surface area contributed by atoms with Gasteiger partial charge < -0.3 is 9.32 Å². The van der Waals surface area contributed by atoms with Crippen LogP contribution in [0, 0.1) is 0 Å². The first-order chi connectivity index (χ1) is 14.4. The minimum Gasteiger partial charge on any atom is -0.408 e. The molecule has 7 nitrogen and oxygen atoms in total. The van der Waals surface area contributed by atoms with Crippen molar-refractivity contribution in [2.24, 2.45) is 0 Å². The molecule has 0 saturated carbocycles. The summed E-state index contributed by atoms with van der Waals surface area (Å²) in [5.41, 5.74) is 1.92. The average Bonchev–Trinajstić information content (AvgIpc) is 3.25. The molecule has 2 heterocycles. The number of carbonyl (C=O) groups is 1. The van der Waals surface area contributed by atoms with Crippen LogP contribution in [0.2, 0.25) is 0 Å². The van der Waals surface area contributed by atoms with E-state index in [1.165, 1.54) is 15.9 Å². The molecule has 0 spiro atoms. The summed E-state index contributed by atoms with van der Waals surface area (Å²) in [5, 5.41) is 0.632. The quantitative estimate of drug-likeness (QED) is 0.358. The Morgan fingerprint density at radius 1 is 1.19 bits per heavy atom. The van der Waals surface area contributed by atoms with Crippen LogP contribution >= 0.6 is 39.7 Å². The maximum absolute atomic E-state index is 13.3. The SMILES string of the molecule is CN(C)CCCN(C(=O)Cn1c(=O)oc2ccccc21)c1nc2ccc(Br)cc2s1.Cl. The molecular formula is C21H22BrClN4O3S. The van der Waals surface area contributed by atoms with Crippen molar-refractivity contribution in [2.45, 2.75) is 13.0 Å². The lowest BCUT2D eigenvalue weighted by Gasteiger charge is -2.21. The zero-order chi connectivity index (χ0) is 21.3. The number of amides is 1. The fourth-order valence-corrected chi connectivity index (χ4v) is 4.82. The number of hydrogen-bond acceptors (Lipinski definition) is 6. The highest BCUT2D eigenvalue weighted by atomic mass is 79.9. The number of halogens is 2. The number of anilines is 1. The molecule has 0 aliphatic rings. The molecule has 164 valence electrons. The van der Waals surface area contributed by atoms with Crippen LogP contribution in [-0.2, 0) is 11.3 Å². The molecule has 0 unspecified atom stereocenters. The number of carbonyl (C=O) groups excluding carboxylic acids is 1. The highest BCUT2D eigenvalue weighted by molar-refractivity contribution is 9.10. The number of oxazole rings is 1. The third kappa shape index (κ3) is 5.17. The molecule has 2 aromatic carbocycles. The number of thiazole rings is 1.